The van der Waals surface area contributed by atoms with E-state index in [0.29, 0.717) is 15.9 Å². The molecular formula is C7H9BO4S. The van der Waals surface area contributed by atoms with Gasteiger partial charge in [0, 0.05) is 10.2 Å². The average molecular weight is 200 g/mol. The monoisotopic (exact) mass is 200 g/mol. The van der Waals surface area contributed by atoms with Gasteiger partial charge in [-0.15, -0.1) is 0 Å². The Balaban J connectivity index is 3.06. The SMILES string of the molecule is COC(=O)c1csc(B(O)O)c1C. The molecule has 0 aliphatic rings. The summed E-state index contributed by atoms with van der Waals surface area (Å²) < 4.78 is 4.89. The van der Waals surface area contributed by atoms with Gasteiger partial charge in [0.15, 0.2) is 0 Å². The Labute approximate surface area is 79.9 Å². The summed E-state index contributed by atoms with van der Waals surface area (Å²) in [5.41, 5.74) is 0.947. The van der Waals surface area contributed by atoms with Gasteiger partial charge >= 0.3 is 13.1 Å². The Morgan fingerprint density at radius 3 is 2.62 bits per heavy atom. The van der Waals surface area contributed by atoms with Crippen LogP contribution in [0.3, 0.4) is 0 Å². The highest BCUT2D eigenvalue weighted by molar-refractivity contribution is 7.21. The van der Waals surface area contributed by atoms with Gasteiger partial charge in [0.1, 0.15) is 0 Å². The number of ether oxygens (including phenoxy) is 1. The van der Waals surface area contributed by atoms with E-state index in [1.54, 1.807) is 12.3 Å². The molecule has 0 amide bonds. The highest BCUT2D eigenvalue weighted by Crippen LogP contribution is 2.12. The zero-order chi connectivity index (χ0) is 10.0. The van der Waals surface area contributed by atoms with Gasteiger partial charge in [0.05, 0.1) is 12.7 Å². The molecule has 1 aromatic rings. The fourth-order valence-corrected chi connectivity index (χ4v) is 1.92. The first kappa shape index (κ1) is 10.2. The van der Waals surface area contributed by atoms with E-state index >= 15 is 0 Å². The molecule has 0 unspecified atom stereocenters. The molecule has 6 heteroatoms. The molecule has 0 radical (unpaired) electrons. The predicted molar refractivity (Wildman–Crippen MR) is 50.2 cm³/mol. The third-order valence-electron chi connectivity index (χ3n) is 1.72. The molecule has 70 valence electrons. The molecule has 13 heavy (non-hydrogen) atoms. The van der Waals surface area contributed by atoms with Crippen molar-refractivity contribution in [3.63, 3.8) is 0 Å². The van der Waals surface area contributed by atoms with Crippen molar-refractivity contribution in [2.45, 2.75) is 6.92 Å². The smallest absolute Gasteiger partial charge is 0.465 e. The van der Waals surface area contributed by atoms with Crippen molar-refractivity contribution >= 4 is 29.2 Å². The van der Waals surface area contributed by atoms with E-state index in [4.69, 9.17) is 10.0 Å². The van der Waals surface area contributed by atoms with Crippen LogP contribution in [0.2, 0.25) is 0 Å². The van der Waals surface area contributed by atoms with Crippen molar-refractivity contribution < 1.29 is 19.6 Å². The molecule has 4 nitrogen and oxygen atoms in total. The predicted octanol–water partition coefficient (Wildman–Crippen LogP) is -0.477. The van der Waals surface area contributed by atoms with Crippen LogP contribution in [0.15, 0.2) is 5.38 Å². The Morgan fingerprint density at radius 2 is 2.23 bits per heavy atom. The average Bonchev–Trinajstić information content (AvgIpc) is 2.46. The van der Waals surface area contributed by atoms with Gasteiger partial charge in [-0.1, -0.05) is 0 Å². The van der Waals surface area contributed by atoms with E-state index in [0.717, 1.165) is 11.3 Å². The third kappa shape index (κ3) is 1.90. The maximum absolute atomic E-state index is 11.1. The molecule has 0 fully saturated rings. The zero-order valence-corrected chi connectivity index (χ0v) is 8.09. The molecule has 1 aromatic heterocycles. The van der Waals surface area contributed by atoms with Crippen molar-refractivity contribution in [3.05, 3.63) is 16.5 Å². The highest BCUT2D eigenvalue weighted by atomic mass is 32.1. The van der Waals surface area contributed by atoms with E-state index in [2.05, 4.69) is 4.74 Å². The molecule has 2 N–H and O–H groups in total. The number of methoxy groups -OCH3 is 1. The summed E-state index contributed by atoms with van der Waals surface area (Å²) in [6.45, 7) is 1.65. The van der Waals surface area contributed by atoms with E-state index in [9.17, 15) is 4.79 Å². The lowest BCUT2D eigenvalue weighted by Crippen LogP contribution is -2.29. The molecule has 0 aliphatic heterocycles. The Kier molecular flexibility index (Phi) is 3.08. The van der Waals surface area contributed by atoms with E-state index in [1.807, 2.05) is 0 Å². The topological polar surface area (TPSA) is 66.8 Å². The highest BCUT2D eigenvalue weighted by Gasteiger charge is 2.21. The van der Waals surface area contributed by atoms with Crippen molar-refractivity contribution in [2.24, 2.45) is 0 Å². The normalized spacial score (nSPS) is 9.85. The largest absolute Gasteiger partial charge is 0.499 e. The fraction of sp³-hybridized carbons (Fsp3) is 0.286. The maximum Gasteiger partial charge on any atom is 0.499 e. The van der Waals surface area contributed by atoms with Gasteiger partial charge in [0.2, 0.25) is 0 Å². The van der Waals surface area contributed by atoms with Crippen LogP contribution in [0.5, 0.6) is 0 Å². The first-order valence-corrected chi connectivity index (χ1v) is 4.48. The van der Waals surface area contributed by atoms with Crippen molar-refractivity contribution in [1.29, 1.82) is 0 Å². The van der Waals surface area contributed by atoms with Crippen LogP contribution in [0.4, 0.5) is 0 Å². The molecule has 0 saturated carbocycles. The lowest BCUT2D eigenvalue weighted by molar-refractivity contribution is 0.0600. The second-order valence-corrected chi connectivity index (χ2v) is 3.42. The molecule has 1 rings (SSSR count). The molecule has 0 atom stereocenters. The summed E-state index contributed by atoms with van der Waals surface area (Å²) in [5.74, 6) is -0.458. The van der Waals surface area contributed by atoms with Gasteiger partial charge in [0.25, 0.3) is 0 Å². The van der Waals surface area contributed by atoms with Crippen LogP contribution >= 0.6 is 11.3 Å². The summed E-state index contributed by atoms with van der Waals surface area (Å²) in [5, 5.41) is 19.3. The maximum atomic E-state index is 11.1. The van der Waals surface area contributed by atoms with Crippen molar-refractivity contribution in [3.8, 4) is 0 Å². The first-order valence-electron chi connectivity index (χ1n) is 3.60. The zero-order valence-electron chi connectivity index (χ0n) is 7.27. The summed E-state index contributed by atoms with van der Waals surface area (Å²) >= 11 is 1.13. The molecular weight excluding hydrogens is 191 g/mol. The van der Waals surface area contributed by atoms with Crippen LogP contribution < -0.4 is 4.78 Å². The van der Waals surface area contributed by atoms with Crippen LogP contribution in [0, 0.1) is 6.92 Å². The molecule has 0 bridgehead atoms. The molecule has 1 heterocycles. The lowest BCUT2D eigenvalue weighted by atomic mass is 9.85. The summed E-state index contributed by atoms with van der Waals surface area (Å²) in [4.78, 5) is 11.1. The third-order valence-corrected chi connectivity index (χ3v) is 2.84. The quantitative estimate of drug-likeness (QED) is 0.500. The second-order valence-electron chi connectivity index (χ2n) is 2.50. The summed E-state index contributed by atoms with van der Waals surface area (Å²) in [6, 6.07) is 0. The lowest BCUT2D eigenvalue weighted by Gasteiger charge is -1.99. The Morgan fingerprint density at radius 1 is 1.62 bits per heavy atom. The Bertz CT molecular complexity index is 320. The van der Waals surface area contributed by atoms with Crippen LogP contribution in [-0.2, 0) is 4.74 Å². The number of hydrogen-bond donors (Lipinski definition) is 2. The van der Waals surface area contributed by atoms with Gasteiger partial charge in [-0.05, 0) is 12.5 Å². The number of esters is 1. The minimum absolute atomic E-state index is 0.375. The van der Waals surface area contributed by atoms with Crippen LogP contribution in [0.1, 0.15) is 15.9 Å². The number of hydrogen-bond acceptors (Lipinski definition) is 5. The molecule has 0 spiro atoms. The number of thiophene rings is 1. The minimum Gasteiger partial charge on any atom is -0.465 e. The van der Waals surface area contributed by atoms with Crippen LogP contribution in [0.25, 0.3) is 0 Å². The molecule has 0 aliphatic carbocycles. The van der Waals surface area contributed by atoms with Crippen LogP contribution in [-0.4, -0.2) is 30.2 Å². The second kappa shape index (κ2) is 3.91. The van der Waals surface area contributed by atoms with Crippen molar-refractivity contribution in [2.75, 3.05) is 7.11 Å². The minimum atomic E-state index is -1.52. The van der Waals surface area contributed by atoms with E-state index in [1.165, 1.54) is 7.11 Å². The number of rotatable bonds is 2. The van der Waals surface area contributed by atoms with Crippen molar-refractivity contribution in [1.82, 2.24) is 0 Å². The number of carbonyl (C=O) groups excluding carboxylic acids is 1. The van der Waals surface area contributed by atoms with Gasteiger partial charge in [-0.25, -0.2) is 4.79 Å². The van der Waals surface area contributed by atoms with Gasteiger partial charge < -0.3 is 14.8 Å². The summed E-state index contributed by atoms with van der Waals surface area (Å²) in [7, 11) is -0.238. The first-order chi connectivity index (χ1) is 6.07. The summed E-state index contributed by atoms with van der Waals surface area (Å²) in [6.07, 6.45) is 0. The van der Waals surface area contributed by atoms with E-state index in [-0.39, 0.29) is 0 Å². The molecule has 0 saturated heterocycles. The Hall–Kier alpha value is -0.845. The standard InChI is InChI=1S/C7H9BO4S/c1-4-5(7(9)12-2)3-13-6(4)8(10)11/h3,10-11H,1-2H3. The van der Waals surface area contributed by atoms with E-state index < -0.39 is 13.1 Å². The number of carbonyl (C=O) groups is 1. The molecule has 0 aromatic carbocycles. The van der Waals surface area contributed by atoms with Gasteiger partial charge in [-0.3, -0.25) is 0 Å². The van der Waals surface area contributed by atoms with Gasteiger partial charge in [-0.2, -0.15) is 11.3 Å². The fourth-order valence-electron chi connectivity index (χ4n) is 0.998.